The van der Waals surface area contributed by atoms with Crippen molar-refractivity contribution in [3.63, 3.8) is 0 Å². The Bertz CT molecular complexity index is 1120. The van der Waals surface area contributed by atoms with Crippen LogP contribution in [0.3, 0.4) is 0 Å². The molecule has 2 aromatic heterocycles. The smallest absolute Gasteiger partial charge is 0.338 e. The van der Waals surface area contributed by atoms with E-state index >= 15 is 0 Å². The number of carbonyl (C=O) groups excluding carboxylic acids is 3. The molecular formula is C23H24N4O5. The molecule has 0 fully saturated rings. The Morgan fingerprint density at radius 1 is 0.906 bits per heavy atom. The lowest BCUT2D eigenvalue weighted by Gasteiger charge is -2.11. The Balaban J connectivity index is 1.85. The fourth-order valence-electron chi connectivity index (χ4n) is 3.07. The maximum Gasteiger partial charge on any atom is 0.338 e. The topological polar surface area (TPSA) is 112 Å². The number of nitrogens with zero attached hydrogens (tertiary/aromatic N) is 3. The van der Waals surface area contributed by atoms with E-state index in [9.17, 15) is 14.4 Å². The minimum absolute atomic E-state index is 0.130. The summed E-state index contributed by atoms with van der Waals surface area (Å²) in [5.41, 5.74) is 2.61. The van der Waals surface area contributed by atoms with Gasteiger partial charge in [0.1, 0.15) is 0 Å². The molecule has 0 saturated carbocycles. The van der Waals surface area contributed by atoms with Crippen molar-refractivity contribution in [2.24, 2.45) is 0 Å². The summed E-state index contributed by atoms with van der Waals surface area (Å²) in [5, 5.41) is 7.06. The lowest BCUT2D eigenvalue weighted by molar-refractivity contribution is 0.0525. The van der Waals surface area contributed by atoms with Gasteiger partial charge in [0, 0.05) is 17.6 Å². The summed E-state index contributed by atoms with van der Waals surface area (Å²) in [6.07, 6.45) is 1.43. The summed E-state index contributed by atoms with van der Waals surface area (Å²) >= 11 is 0. The fraction of sp³-hybridized carbons (Fsp3) is 0.261. The van der Waals surface area contributed by atoms with Gasteiger partial charge in [-0.1, -0.05) is 0 Å². The number of carbonyl (C=O) groups is 3. The van der Waals surface area contributed by atoms with Crippen molar-refractivity contribution in [2.45, 2.75) is 27.7 Å². The predicted octanol–water partition coefficient (Wildman–Crippen LogP) is 3.49. The van der Waals surface area contributed by atoms with Gasteiger partial charge >= 0.3 is 11.9 Å². The zero-order valence-electron chi connectivity index (χ0n) is 18.3. The largest absolute Gasteiger partial charge is 0.462 e. The zero-order valence-corrected chi connectivity index (χ0v) is 18.3. The van der Waals surface area contributed by atoms with E-state index in [2.05, 4.69) is 15.4 Å². The summed E-state index contributed by atoms with van der Waals surface area (Å²) in [7, 11) is 0. The molecule has 0 spiro atoms. The second-order valence-corrected chi connectivity index (χ2v) is 6.94. The monoisotopic (exact) mass is 436 g/mol. The molecule has 0 aliphatic rings. The van der Waals surface area contributed by atoms with Crippen LogP contribution in [0.5, 0.6) is 0 Å². The average molecular weight is 436 g/mol. The molecule has 0 saturated heterocycles. The maximum absolute atomic E-state index is 12.7. The van der Waals surface area contributed by atoms with Crippen molar-refractivity contribution in [1.29, 1.82) is 0 Å². The van der Waals surface area contributed by atoms with E-state index in [0.717, 1.165) is 11.4 Å². The number of aryl methyl sites for hydroxylation is 2. The van der Waals surface area contributed by atoms with Crippen LogP contribution < -0.4 is 5.32 Å². The Morgan fingerprint density at radius 2 is 1.53 bits per heavy atom. The molecule has 3 aromatic rings. The first-order valence-corrected chi connectivity index (χ1v) is 10.1. The molecule has 0 radical (unpaired) electrons. The molecule has 166 valence electrons. The van der Waals surface area contributed by atoms with Crippen molar-refractivity contribution in [3.8, 4) is 5.82 Å². The van der Waals surface area contributed by atoms with E-state index in [-0.39, 0.29) is 30.0 Å². The fourth-order valence-corrected chi connectivity index (χ4v) is 3.07. The Kier molecular flexibility index (Phi) is 6.99. The number of esters is 2. The van der Waals surface area contributed by atoms with Crippen LogP contribution in [0.15, 0.2) is 42.6 Å². The molecule has 0 aliphatic heterocycles. The van der Waals surface area contributed by atoms with Gasteiger partial charge in [-0.2, -0.15) is 5.10 Å². The van der Waals surface area contributed by atoms with Gasteiger partial charge in [-0.05, 0) is 64.1 Å². The Morgan fingerprint density at radius 3 is 2.00 bits per heavy atom. The van der Waals surface area contributed by atoms with E-state index in [4.69, 9.17) is 9.47 Å². The van der Waals surface area contributed by atoms with Crippen molar-refractivity contribution in [2.75, 3.05) is 18.5 Å². The van der Waals surface area contributed by atoms with Crippen LogP contribution in [0, 0.1) is 13.8 Å². The van der Waals surface area contributed by atoms with E-state index < -0.39 is 17.8 Å². The van der Waals surface area contributed by atoms with Gasteiger partial charge in [0.2, 0.25) is 0 Å². The van der Waals surface area contributed by atoms with Crippen LogP contribution in [0.4, 0.5) is 5.69 Å². The molecule has 1 aromatic carbocycles. The van der Waals surface area contributed by atoms with Crippen LogP contribution in [-0.4, -0.2) is 45.8 Å². The lowest BCUT2D eigenvalue weighted by Crippen LogP contribution is -2.15. The summed E-state index contributed by atoms with van der Waals surface area (Å²) in [4.78, 5) is 41.4. The molecule has 0 bridgehead atoms. The number of benzene rings is 1. The molecular weight excluding hydrogens is 412 g/mol. The third kappa shape index (κ3) is 5.18. The molecule has 32 heavy (non-hydrogen) atoms. The highest BCUT2D eigenvalue weighted by atomic mass is 16.5. The van der Waals surface area contributed by atoms with Crippen LogP contribution in [0.2, 0.25) is 0 Å². The maximum atomic E-state index is 12.7. The number of nitrogens with one attached hydrogen (secondary N) is 1. The van der Waals surface area contributed by atoms with Gasteiger partial charge in [0.05, 0.1) is 35.6 Å². The molecule has 0 aliphatic carbocycles. The number of aromatic nitrogens is 3. The van der Waals surface area contributed by atoms with Crippen molar-refractivity contribution in [1.82, 2.24) is 14.8 Å². The van der Waals surface area contributed by atoms with Crippen LogP contribution in [-0.2, 0) is 9.47 Å². The number of ether oxygens (including phenoxy) is 2. The van der Waals surface area contributed by atoms with E-state index in [1.54, 1.807) is 30.7 Å². The third-order valence-corrected chi connectivity index (χ3v) is 4.45. The molecule has 3 rings (SSSR count). The first-order valence-electron chi connectivity index (χ1n) is 10.1. The number of rotatable bonds is 7. The first kappa shape index (κ1) is 22.7. The van der Waals surface area contributed by atoms with Crippen molar-refractivity contribution in [3.05, 3.63) is 70.7 Å². The summed E-state index contributed by atoms with van der Waals surface area (Å²) in [6.45, 7) is 7.52. The highest BCUT2D eigenvalue weighted by Crippen LogP contribution is 2.19. The Hall–Kier alpha value is -4.01. The van der Waals surface area contributed by atoms with E-state index in [1.807, 2.05) is 19.9 Å². The van der Waals surface area contributed by atoms with Crippen LogP contribution >= 0.6 is 0 Å². The number of hydrogen-bond acceptors (Lipinski definition) is 7. The molecule has 1 N–H and O–H groups in total. The summed E-state index contributed by atoms with van der Waals surface area (Å²) in [6, 6.07) is 9.49. The van der Waals surface area contributed by atoms with Gasteiger partial charge in [0.15, 0.2) is 5.82 Å². The lowest BCUT2D eigenvalue weighted by atomic mass is 10.1. The van der Waals surface area contributed by atoms with Gasteiger partial charge < -0.3 is 14.8 Å². The van der Waals surface area contributed by atoms with E-state index in [1.165, 1.54) is 24.4 Å². The normalized spacial score (nSPS) is 10.5. The van der Waals surface area contributed by atoms with Gasteiger partial charge in [-0.3, -0.25) is 4.79 Å². The number of amides is 1. The Labute approximate surface area is 185 Å². The molecule has 0 atom stereocenters. The van der Waals surface area contributed by atoms with Crippen molar-refractivity contribution >= 4 is 23.5 Å². The highest BCUT2D eigenvalue weighted by Gasteiger charge is 2.17. The molecule has 9 nitrogen and oxygen atoms in total. The average Bonchev–Trinajstić information content (AvgIpc) is 3.11. The molecule has 9 heteroatoms. The number of anilines is 1. The molecule has 0 unspecified atom stereocenters. The van der Waals surface area contributed by atoms with Gasteiger partial charge in [-0.25, -0.2) is 19.3 Å². The second-order valence-electron chi connectivity index (χ2n) is 6.94. The van der Waals surface area contributed by atoms with Gasteiger partial charge in [0.25, 0.3) is 5.91 Å². The second kappa shape index (κ2) is 9.86. The summed E-state index contributed by atoms with van der Waals surface area (Å²) < 4.78 is 11.7. The predicted molar refractivity (Wildman–Crippen MR) is 117 cm³/mol. The molecule has 1 amide bonds. The van der Waals surface area contributed by atoms with E-state index in [0.29, 0.717) is 11.4 Å². The minimum Gasteiger partial charge on any atom is -0.462 e. The first-order chi connectivity index (χ1) is 15.3. The van der Waals surface area contributed by atoms with Crippen molar-refractivity contribution < 1.29 is 23.9 Å². The highest BCUT2D eigenvalue weighted by molar-refractivity contribution is 6.06. The van der Waals surface area contributed by atoms with Crippen LogP contribution in [0.25, 0.3) is 5.82 Å². The van der Waals surface area contributed by atoms with Crippen LogP contribution in [0.1, 0.15) is 56.3 Å². The third-order valence-electron chi connectivity index (χ3n) is 4.45. The van der Waals surface area contributed by atoms with Gasteiger partial charge in [-0.15, -0.1) is 0 Å². The quantitative estimate of drug-likeness (QED) is 0.564. The number of pyridine rings is 1. The minimum atomic E-state index is -0.606. The standard InChI is InChI=1S/C23H24N4O5/c1-5-31-22(29)17-10-18(23(30)32-6-2)12-19(11-17)25-21(28)16-7-8-20(24-13-16)27-15(4)9-14(3)26-27/h7-13H,5-6H2,1-4H3,(H,25,28). The molecule has 2 heterocycles. The summed E-state index contributed by atoms with van der Waals surface area (Å²) in [5.74, 6) is -1.08. The SMILES string of the molecule is CCOC(=O)c1cc(NC(=O)c2ccc(-n3nc(C)cc3C)nc2)cc(C(=O)OCC)c1. The zero-order chi connectivity index (χ0) is 23.3. The number of hydrogen-bond donors (Lipinski definition) is 1.